The first-order valence-electron chi connectivity index (χ1n) is 12.4. The molecule has 0 fully saturated rings. The molecule has 4 aromatic rings. The highest BCUT2D eigenvalue weighted by atomic mass is 35.5. The van der Waals surface area contributed by atoms with E-state index in [-0.39, 0.29) is 41.4 Å². The number of amides is 2. The molecule has 0 unspecified atom stereocenters. The number of halogens is 2. The van der Waals surface area contributed by atoms with Crippen molar-refractivity contribution in [2.24, 2.45) is 0 Å². The number of fused-ring (bicyclic) bond motifs is 1. The van der Waals surface area contributed by atoms with Gasteiger partial charge in [0.15, 0.2) is 0 Å². The molecular formula is C29H26Cl2N4O4. The molecule has 1 N–H and O–H groups in total. The standard InChI is InChI=1S/C29H26Cl2N4O4/c1-18(19-6-4-3-5-7-19)32-27(36)26-25-17-33(28(37)20-8-13-23(30)24(31)16-20)14-15-34(25)29(38)35(26)21-9-11-22(39-2)12-10-21/h3-13,16,18H,14-15,17H2,1-2H3,(H,32,36)/t18-/m1/s1. The fourth-order valence-electron chi connectivity index (χ4n) is 4.74. The Kier molecular flexibility index (Phi) is 7.50. The quantitative estimate of drug-likeness (QED) is 0.353. The number of nitrogens with zero attached hydrogens (tertiary/aromatic N) is 3. The van der Waals surface area contributed by atoms with E-state index in [0.29, 0.717) is 34.3 Å². The van der Waals surface area contributed by atoms with Crippen molar-refractivity contribution >= 4 is 35.0 Å². The van der Waals surface area contributed by atoms with Crippen molar-refractivity contribution in [2.75, 3.05) is 13.7 Å². The van der Waals surface area contributed by atoms with E-state index in [1.165, 1.54) is 10.6 Å². The summed E-state index contributed by atoms with van der Waals surface area (Å²) in [5.41, 5.74) is 2.09. The zero-order valence-corrected chi connectivity index (χ0v) is 22.9. The lowest BCUT2D eigenvalue weighted by atomic mass is 10.1. The second kappa shape index (κ2) is 11.0. The molecule has 2 heterocycles. The number of carbonyl (C=O) groups is 2. The lowest BCUT2D eigenvalue weighted by Gasteiger charge is -2.28. The Bertz CT molecular complexity index is 1600. The van der Waals surface area contributed by atoms with E-state index in [4.69, 9.17) is 27.9 Å². The Morgan fingerprint density at radius 1 is 0.949 bits per heavy atom. The molecular weight excluding hydrogens is 539 g/mol. The van der Waals surface area contributed by atoms with Gasteiger partial charge in [-0.25, -0.2) is 4.79 Å². The van der Waals surface area contributed by atoms with Gasteiger partial charge in [0, 0.05) is 18.7 Å². The average molecular weight is 565 g/mol. The monoisotopic (exact) mass is 564 g/mol. The van der Waals surface area contributed by atoms with Gasteiger partial charge >= 0.3 is 5.69 Å². The highest BCUT2D eigenvalue weighted by Gasteiger charge is 2.32. The first-order valence-corrected chi connectivity index (χ1v) is 13.1. The summed E-state index contributed by atoms with van der Waals surface area (Å²) >= 11 is 12.2. The van der Waals surface area contributed by atoms with Gasteiger partial charge < -0.3 is 15.0 Å². The minimum absolute atomic E-state index is 0.0694. The van der Waals surface area contributed by atoms with E-state index in [9.17, 15) is 14.4 Å². The largest absolute Gasteiger partial charge is 0.497 e. The minimum Gasteiger partial charge on any atom is -0.497 e. The molecule has 1 aromatic heterocycles. The predicted molar refractivity (Wildman–Crippen MR) is 150 cm³/mol. The third-order valence-electron chi connectivity index (χ3n) is 6.83. The maximum atomic E-state index is 13.8. The van der Waals surface area contributed by atoms with Crippen LogP contribution in [0.15, 0.2) is 77.6 Å². The molecule has 0 aliphatic carbocycles. The first-order chi connectivity index (χ1) is 18.8. The van der Waals surface area contributed by atoms with Crippen LogP contribution in [0.2, 0.25) is 10.0 Å². The summed E-state index contributed by atoms with van der Waals surface area (Å²) in [4.78, 5) is 42.4. The number of methoxy groups -OCH3 is 1. The summed E-state index contributed by atoms with van der Waals surface area (Å²) < 4.78 is 8.22. The number of imidazole rings is 1. The van der Waals surface area contributed by atoms with Crippen molar-refractivity contribution in [1.82, 2.24) is 19.4 Å². The van der Waals surface area contributed by atoms with Crippen LogP contribution in [0, 0.1) is 0 Å². The van der Waals surface area contributed by atoms with Crippen molar-refractivity contribution in [3.63, 3.8) is 0 Å². The molecule has 0 saturated carbocycles. The van der Waals surface area contributed by atoms with Crippen molar-refractivity contribution < 1.29 is 14.3 Å². The number of ether oxygens (including phenoxy) is 1. The highest BCUT2D eigenvalue weighted by molar-refractivity contribution is 6.42. The van der Waals surface area contributed by atoms with Gasteiger partial charge in [0.25, 0.3) is 11.8 Å². The van der Waals surface area contributed by atoms with E-state index >= 15 is 0 Å². The van der Waals surface area contributed by atoms with Crippen LogP contribution in [0.25, 0.3) is 5.69 Å². The fraction of sp³-hybridized carbons (Fsp3) is 0.207. The Labute approximate surface area is 235 Å². The number of rotatable bonds is 6. The lowest BCUT2D eigenvalue weighted by Crippen LogP contribution is -2.41. The lowest BCUT2D eigenvalue weighted by molar-refractivity contribution is 0.0706. The molecule has 3 aromatic carbocycles. The van der Waals surface area contributed by atoms with Crippen LogP contribution in [0.4, 0.5) is 0 Å². The van der Waals surface area contributed by atoms with Crippen molar-refractivity contribution in [1.29, 1.82) is 0 Å². The fourth-order valence-corrected chi connectivity index (χ4v) is 5.04. The van der Waals surface area contributed by atoms with Gasteiger partial charge in [-0.15, -0.1) is 0 Å². The molecule has 0 radical (unpaired) electrons. The Morgan fingerprint density at radius 3 is 2.33 bits per heavy atom. The van der Waals surface area contributed by atoms with Crippen LogP contribution in [-0.2, 0) is 13.1 Å². The van der Waals surface area contributed by atoms with E-state index < -0.39 is 5.91 Å². The number of benzene rings is 3. The molecule has 200 valence electrons. The molecule has 2 amide bonds. The van der Waals surface area contributed by atoms with Crippen molar-refractivity contribution in [3.8, 4) is 11.4 Å². The van der Waals surface area contributed by atoms with Gasteiger partial charge in [-0.05, 0) is 55.0 Å². The number of hydrogen-bond acceptors (Lipinski definition) is 4. The van der Waals surface area contributed by atoms with Gasteiger partial charge in [0.2, 0.25) is 0 Å². The summed E-state index contributed by atoms with van der Waals surface area (Å²) in [6.45, 7) is 2.48. The SMILES string of the molecule is COc1ccc(-n2c(C(=O)N[C@H](C)c3ccccc3)c3n(c2=O)CCN(C(=O)c2ccc(Cl)c(Cl)c2)C3)cc1. The Morgan fingerprint density at radius 2 is 1.67 bits per heavy atom. The number of carbonyl (C=O) groups excluding carboxylic acids is 2. The molecule has 39 heavy (non-hydrogen) atoms. The maximum absolute atomic E-state index is 13.8. The van der Waals surface area contributed by atoms with Crippen molar-refractivity contribution in [2.45, 2.75) is 26.1 Å². The molecule has 1 aliphatic rings. The van der Waals surface area contributed by atoms with E-state index in [1.54, 1.807) is 53.0 Å². The van der Waals surface area contributed by atoms with Gasteiger partial charge in [0.05, 0.1) is 41.1 Å². The topological polar surface area (TPSA) is 85.6 Å². The number of hydrogen-bond donors (Lipinski definition) is 1. The van der Waals surface area contributed by atoms with Crippen molar-refractivity contribution in [3.05, 3.63) is 116 Å². The Balaban J connectivity index is 1.56. The third-order valence-corrected chi connectivity index (χ3v) is 7.56. The van der Waals surface area contributed by atoms with Crippen LogP contribution in [0.3, 0.4) is 0 Å². The minimum atomic E-state index is -0.420. The second-order valence-corrected chi connectivity index (χ2v) is 10.0. The first kappa shape index (κ1) is 26.6. The molecule has 0 spiro atoms. The molecule has 0 bridgehead atoms. The van der Waals surface area contributed by atoms with Gasteiger partial charge in [-0.1, -0.05) is 53.5 Å². The van der Waals surface area contributed by atoms with Crippen LogP contribution in [0.1, 0.15) is 45.1 Å². The molecule has 5 rings (SSSR count). The van der Waals surface area contributed by atoms with Gasteiger partial charge in [-0.2, -0.15) is 0 Å². The molecule has 8 nitrogen and oxygen atoms in total. The van der Waals surface area contributed by atoms with E-state index in [0.717, 1.165) is 5.56 Å². The zero-order chi connectivity index (χ0) is 27.7. The summed E-state index contributed by atoms with van der Waals surface area (Å²) in [5.74, 6) is -0.0665. The van der Waals surface area contributed by atoms with Crippen LogP contribution in [0.5, 0.6) is 5.75 Å². The van der Waals surface area contributed by atoms with E-state index in [1.807, 2.05) is 37.3 Å². The second-order valence-electron chi connectivity index (χ2n) is 9.22. The number of nitrogens with one attached hydrogen (secondary N) is 1. The molecule has 0 saturated heterocycles. The number of aromatic nitrogens is 2. The van der Waals surface area contributed by atoms with Crippen LogP contribution in [-0.4, -0.2) is 39.5 Å². The highest BCUT2D eigenvalue weighted by Crippen LogP contribution is 2.26. The van der Waals surface area contributed by atoms with Crippen LogP contribution >= 0.6 is 23.2 Å². The van der Waals surface area contributed by atoms with Gasteiger partial charge in [-0.3, -0.25) is 18.7 Å². The predicted octanol–water partition coefficient (Wildman–Crippen LogP) is 5.10. The zero-order valence-electron chi connectivity index (χ0n) is 21.4. The molecule has 10 heteroatoms. The summed E-state index contributed by atoms with van der Waals surface area (Å²) in [5, 5.41) is 3.65. The van der Waals surface area contributed by atoms with Crippen LogP contribution < -0.4 is 15.7 Å². The Hall–Kier alpha value is -4.01. The summed E-state index contributed by atoms with van der Waals surface area (Å²) in [7, 11) is 1.56. The maximum Gasteiger partial charge on any atom is 0.333 e. The summed E-state index contributed by atoms with van der Waals surface area (Å²) in [6.07, 6.45) is 0. The van der Waals surface area contributed by atoms with E-state index in [2.05, 4.69) is 5.32 Å². The summed E-state index contributed by atoms with van der Waals surface area (Å²) in [6, 6.07) is 20.8. The third kappa shape index (κ3) is 5.17. The molecule has 1 atom stereocenters. The van der Waals surface area contributed by atoms with Gasteiger partial charge in [0.1, 0.15) is 11.4 Å². The average Bonchev–Trinajstić information content (AvgIpc) is 3.26. The normalized spacial score (nSPS) is 13.5. The molecule has 1 aliphatic heterocycles. The smallest absolute Gasteiger partial charge is 0.333 e.